The molecule has 0 N–H and O–H groups in total. The number of Topliss-reactive ketones (excluding diaryl/α,β-unsaturated/α-hetero) is 6. The molecule has 0 fully saturated rings. The first kappa shape index (κ1) is 80.8. The molecule has 0 atom stereocenters. The molecule has 4 aliphatic carbocycles. The third-order valence-electron chi connectivity index (χ3n) is 28.0. The number of rotatable bonds is 8. The molecule has 0 aromatic heterocycles. The van der Waals surface area contributed by atoms with Crippen molar-refractivity contribution in [3.05, 3.63) is 488 Å². The lowest BCUT2D eigenvalue weighted by molar-refractivity contribution is 0.0975. The Kier molecular flexibility index (Phi) is 18.9. The molecule has 0 unspecified atom stereocenters. The van der Waals surface area contributed by atoms with E-state index in [1.165, 1.54) is 56.8 Å². The van der Waals surface area contributed by atoms with Crippen LogP contribution < -0.4 is 14.7 Å². The highest BCUT2D eigenvalue weighted by Crippen LogP contribution is 2.60. The fourth-order valence-electron chi connectivity index (χ4n) is 21.4. The van der Waals surface area contributed by atoms with E-state index >= 15 is 0 Å². The van der Waals surface area contributed by atoms with E-state index in [0.717, 1.165) is 132 Å². The number of hydrogen-bond donors (Lipinski definition) is 0. The number of ketones is 6. The van der Waals surface area contributed by atoms with Gasteiger partial charge < -0.3 is 14.7 Å². The first-order valence-corrected chi connectivity index (χ1v) is 45.0. The van der Waals surface area contributed by atoms with E-state index < -0.39 is 0 Å². The molecule has 0 amide bonds. The molecule has 0 saturated heterocycles. The zero-order valence-electron chi connectivity index (χ0n) is 73.8. The van der Waals surface area contributed by atoms with Gasteiger partial charge >= 0.3 is 0 Å². The topological polar surface area (TPSA) is 112 Å². The van der Waals surface area contributed by atoms with Crippen molar-refractivity contribution in [2.75, 3.05) is 14.7 Å². The highest BCUT2D eigenvalue weighted by atomic mass is 19.1. The maximum Gasteiger partial charge on any atom is 0.197 e. The summed E-state index contributed by atoms with van der Waals surface area (Å²) in [4.78, 5) is 87.2. The summed E-state index contributed by atoms with van der Waals surface area (Å²) in [5.74, 6) is -1.59. The number of carbonyl (C=O) groups is 6. The molecule has 2 aliphatic heterocycles. The third-order valence-corrected chi connectivity index (χ3v) is 28.0. The van der Waals surface area contributed by atoms with Gasteiger partial charge in [0.15, 0.2) is 34.7 Å². The maximum atomic E-state index is 14.1. The minimum atomic E-state index is -0.369. The van der Waals surface area contributed by atoms with Crippen molar-refractivity contribution in [3.8, 4) is 11.1 Å². The van der Waals surface area contributed by atoms with Gasteiger partial charge in [0.05, 0.1) is 39.5 Å². The molecule has 19 aromatic carbocycles. The predicted molar refractivity (Wildman–Crippen MR) is 539 cm³/mol. The molecule has 2 heterocycles. The predicted octanol–water partition coefficient (Wildman–Crippen LogP) is 30.5. The Morgan fingerprint density at radius 2 is 0.564 bits per heavy atom. The molecule has 6 aliphatic rings. The first-order chi connectivity index (χ1) is 64.6. The van der Waals surface area contributed by atoms with Crippen molar-refractivity contribution >= 4 is 169 Å². The van der Waals surface area contributed by atoms with Gasteiger partial charge in [0.25, 0.3) is 0 Å². The second-order valence-corrected chi connectivity index (χ2v) is 36.9. The summed E-state index contributed by atoms with van der Waals surface area (Å²) < 4.78 is 14.1. The number of hydrogen-bond acceptors (Lipinski definition) is 9. The molecule has 0 radical (unpaired) electrons. The average molecular weight is 1720 g/mol. The van der Waals surface area contributed by atoms with Gasteiger partial charge in [0.2, 0.25) is 0 Å². The largest absolute Gasteiger partial charge is 0.311 e. The Morgan fingerprint density at radius 1 is 0.233 bits per heavy atom. The Hall–Kier alpha value is -16.7. The van der Waals surface area contributed by atoms with E-state index in [2.05, 4.69) is 232 Å². The van der Waals surface area contributed by atoms with Gasteiger partial charge in [-0.15, -0.1) is 0 Å². The fraction of sp³-hybridized carbons (Fsp3) is 0.0732. The van der Waals surface area contributed by atoms with Gasteiger partial charge in [-0.05, 0) is 302 Å². The maximum absolute atomic E-state index is 14.1. The van der Waals surface area contributed by atoms with E-state index in [9.17, 15) is 33.2 Å². The van der Waals surface area contributed by atoms with Crippen molar-refractivity contribution in [2.45, 2.75) is 57.8 Å². The normalized spacial score (nSPS) is 14.8. The van der Waals surface area contributed by atoms with Crippen LogP contribution in [0, 0.1) is 5.82 Å². The Bertz CT molecular complexity index is 8200. The quantitative estimate of drug-likeness (QED) is 0.108. The Labute approximate surface area is 768 Å². The first-order valence-electron chi connectivity index (χ1n) is 45.0. The lowest BCUT2D eigenvalue weighted by Gasteiger charge is -2.43. The Balaban J connectivity index is 0.000000115. The molecule has 19 aromatic rings. The Morgan fingerprint density at radius 3 is 0.985 bits per heavy atom. The third kappa shape index (κ3) is 13.2. The monoisotopic (exact) mass is 1720 g/mol. The lowest BCUT2D eigenvalue weighted by Crippen LogP contribution is -2.31. The van der Waals surface area contributed by atoms with E-state index in [0.29, 0.717) is 33.4 Å². The molecule has 0 spiro atoms. The summed E-state index contributed by atoms with van der Waals surface area (Å²) in [5, 5.41) is 12.3. The van der Waals surface area contributed by atoms with Crippen LogP contribution >= 0.6 is 0 Å². The van der Waals surface area contributed by atoms with Crippen LogP contribution in [0.3, 0.4) is 0 Å². The number of nitrogens with zero attached hydrogens (tertiary/aromatic N) is 3. The molecule has 9 nitrogen and oxygen atoms in total. The molecule has 25 rings (SSSR count). The smallest absolute Gasteiger partial charge is 0.197 e. The molecule has 0 saturated carbocycles. The summed E-state index contributed by atoms with van der Waals surface area (Å²) in [7, 11) is 0. The van der Waals surface area contributed by atoms with Crippen molar-refractivity contribution in [2.24, 2.45) is 0 Å². The van der Waals surface area contributed by atoms with E-state index in [4.69, 9.17) is 0 Å². The highest BCUT2D eigenvalue weighted by molar-refractivity contribution is 6.44. The summed E-state index contributed by atoms with van der Waals surface area (Å²) in [5.41, 5.74) is 24.9. The summed E-state index contributed by atoms with van der Waals surface area (Å²) in [6.45, 7) is 13.9. The van der Waals surface area contributed by atoms with Crippen molar-refractivity contribution in [1.29, 1.82) is 0 Å². The minimum absolute atomic E-state index is 0.112. The number of anilines is 9. The molecule has 0 bridgehead atoms. The number of benzene rings is 19. The summed E-state index contributed by atoms with van der Waals surface area (Å²) >= 11 is 0. The van der Waals surface area contributed by atoms with Gasteiger partial charge in [-0.2, -0.15) is 0 Å². The second-order valence-electron chi connectivity index (χ2n) is 36.9. The summed E-state index contributed by atoms with van der Waals surface area (Å²) in [6.07, 6.45) is 5.20. The standard InChI is InChI=1S/C48H35NO2.C43H28FNO2.C32H21NO2/c1-47(2)39-17-11-10-16-34(39)35-26-41-43(27-40(35)47)49(32-14-6-5-7-15-32)42-21-19-31-22-28(18-20-33(31)44(42)48(41,3)4)23-38-45(50)36-24-29-12-8-9-13-30(29)25-37(36)46(38)51;1-43(2)37-23-28-9-5-6-10-29(28)24-39(37)45(32-15-13-31(44)14-16-32)38-18-12-30-19-25(11-17-33(30)40(38)43)20-36-41(46)34-21-26-7-3-4-8-27(26)22-35(34)42(36)47;34-31-28-20-23-9-7-8-10-24(23)21-29(28)32(35)30(31)19-22-15-17-27(18-16-22)33(25-11-3-1-4-12-25)26-13-5-2-6-14-26/h5-27H,1-4H3;3-24H,1-2H3;1-21H. The SMILES string of the molecule is CC1(C)c2cc3ccccc3cc2N(c2ccc(F)cc2)c2ccc3cc(C=C4C(=O)c5cc6ccccc6cc5C4=O)ccc3c21.CC1(C)c2ccccc2-c2cc3c(cc21)N(c1ccccc1)c1ccc2cc(C=C4C(=O)c5cc6ccccc6cc5C4=O)ccc2c1C3(C)C.O=C1C(=Cc2ccc(N(c3ccccc3)c3ccccc3)cc2)C(=O)c2cc3ccccc3cc21. The number of fused-ring (bicyclic) bond motifs is 18. The molecule has 133 heavy (non-hydrogen) atoms. The number of para-hydroxylation sites is 3. The van der Waals surface area contributed by atoms with Crippen LogP contribution in [0.1, 0.15) is 154 Å². The molecular weight excluding hydrogens is 1630 g/mol. The minimum Gasteiger partial charge on any atom is -0.311 e. The van der Waals surface area contributed by atoms with Gasteiger partial charge in [-0.3, -0.25) is 28.8 Å². The van der Waals surface area contributed by atoms with Crippen LogP contribution in [0.4, 0.5) is 55.6 Å². The van der Waals surface area contributed by atoms with Gasteiger partial charge in [0, 0.05) is 78.1 Å². The number of halogens is 1. The van der Waals surface area contributed by atoms with E-state index in [-0.39, 0.29) is 73.5 Å². The second kappa shape index (κ2) is 31.0. The van der Waals surface area contributed by atoms with Crippen molar-refractivity contribution in [1.82, 2.24) is 0 Å². The zero-order valence-corrected chi connectivity index (χ0v) is 73.8. The van der Waals surface area contributed by atoms with Gasteiger partial charge in [-0.25, -0.2) is 4.39 Å². The zero-order chi connectivity index (χ0) is 90.6. The molecule has 634 valence electrons. The van der Waals surface area contributed by atoms with Crippen LogP contribution in [-0.2, 0) is 16.2 Å². The summed E-state index contributed by atoms with van der Waals surface area (Å²) in [6, 6.07) is 128. The van der Waals surface area contributed by atoms with Crippen molar-refractivity contribution in [3.63, 3.8) is 0 Å². The van der Waals surface area contributed by atoms with Crippen LogP contribution in [0.2, 0.25) is 0 Å². The van der Waals surface area contributed by atoms with E-state index in [1.54, 1.807) is 18.2 Å². The van der Waals surface area contributed by atoms with E-state index in [1.807, 2.05) is 194 Å². The number of carbonyl (C=O) groups excluding carboxylic acids is 6. The van der Waals surface area contributed by atoms with Crippen LogP contribution in [0.25, 0.3) is 94.0 Å². The van der Waals surface area contributed by atoms with Crippen LogP contribution in [-0.4, -0.2) is 34.7 Å². The van der Waals surface area contributed by atoms with Gasteiger partial charge in [0.1, 0.15) is 5.82 Å². The number of allylic oxidation sites excluding steroid dienone is 3. The van der Waals surface area contributed by atoms with Gasteiger partial charge in [-0.1, -0.05) is 266 Å². The van der Waals surface area contributed by atoms with Crippen LogP contribution in [0.5, 0.6) is 0 Å². The average Bonchev–Trinajstić information content (AvgIpc) is 1.67. The lowest BCUT2D eigenvalue weighted by atomic mass is 9.70. The fourth-order valence-corrected chi connectivity index (χ4v) is 21.4. The van der Waals surface area contributed by atoms with Crippen LogP contribution in [0.15, 0.2) is 399 Å². The molecule has 10 heteroatoms. The van der Waals surface area contributed by atoms with Crippen molar-refractivity contribution < 1.29 is 33.2 Å². The highest BCUT2D eigenvalue weighted by Gasteiger charge is 2.45. The molecular formula is C123H84FN3O6.